The molecule has 0 aliphatic heterocycles. The third kappa shape index (κ3) is 6.03. The van der Waals surface area contributed by atoms with Crippen molar-refractivity contribution >= 4 is 21.6 Å². The number of carbonyl (C=O) groups is 1. The van der Waals surface area contributed by atoms with Gasteiger partial charge in [-0.2, -0.15) is 9.57 Å². The standard InChI is InChI=1S/C24H29N3O5S/c1-31-22-13-12-21(16-23(22)32-2)33(29,30)27(20-6-4-3-5-7-20)17-24(28)26-19-10-8-18(9-11-19)14-15-25/h8-13,16,20H,3-7,14,17H2,1-2H3,(H,26,28). The second-order valence-electron chi connectivity index (χ2n) is 7.94. The number of amides is 1. The Kier molecular flexibility index (Phi) is 8.31. The van der Waals surface area contributed by atoms with Crippen molar-refractivity contribution in [1.82, 2.24) is 4.31 Å². The second kappa shape index (κ2) is 11.2. The third-order valence-corrected chi connectivity index (χ3v) is 7.66. The fourth-order valence-corrected chi connectivity index (χ4v) is 5.69. The number of hydrogen-bond acceptors (Lipinski definition) is 6. The van der Waals surface area contributed by atoms with E-state index in [4.69, 9.17) is 14.7 Å². The number of nitrogens with zero attached hydrogens (tertiary/aromatic N) is 2. The molecular weight excluding hydrogens is 442 g/mol. The molecule has 9 heteroatoms. The molecule has 1 aliphatic rings. The van der Waals surface area contributed by atoms with E-state index in [1.807, 2.05) is 0 Å². The van der Waals surface area contributed by atoms with Gasteiger partial charge >= 0.3 is 0 Å². The Hall–Kier alpha value is -3.09. The van der Waals surface area contributed by atoms with Gasteiger partial charge in [-0.15, -0.1) is 0 Å². The number of ether oxygens (including phenoxy) is 2. The van der Waals surface area contributed by atoms with Crippen LogP contribution in [-0.2, 0) is 21.2 Å². The van der Waals surface area contributed by atoms with Gasteiger partial charge in [-0.3, -0.25) is 4.79 Å². The molecule has 8 nitrogen and oxygen atoms in total. The Bertz CT molecular complexity index is 1100. The lowest BCUT2D eigenvalue weighted by atomic mass is 9.95. The van der Waals surface area contributed by atoms with Gasteiger partial charge in [-0.1, -0.05) is 31.4 Å². The summed E-state index contributed by atoms with van der Waals surface area (Å²) in [6.07, 6.45) is 4.61. The van der Waals surface area contributed by atoms with Gasteiger partial charge in [0.25, 0.3) is 0 Å². The lowest BCUT2D eigenvalue weighted by Crippen LogP contribution is -2.45. The molecule has 1 fully saturated rings. The predicted octanol–water partition coefficient (Wildman–Crippen LogP) is 3.73. The minimum atomic E-state index is -3.96. The molecule has 33 heavy (non-hydrogen) atoms. The summed E-state index contributed by atoms with van der Waals surface area (Å²) in [4.78, 5) is 12.9. The van der Waals surface area contributed by atoms with Gasteiger partial charge in [0.15, 0.2) is 11.5 Å². The summed E-state index contributed by atoms with van der Waals surface area (Å²) < 4.78 is 39.1. The van der Waals surface area contributed by atoms with E-state index in [1.165, 1.54) is 30.7 Å². The van der Waals surface area contributed by atoms with Crippen molar-refractivity contribution in [2.75, 3.05) is 26.1 Å². The summed E-state index contributed by atoms with van der Waals surface area (Å²) in [5.74, 6) is 0.319. The first-order valence-electron chi connectivity index (χ1n) is 10.9. The number of sulfonamides is 1. The molecule has 0 heterocycles. The number of methoxy groups -OCH3 is 2. The lowest BCUT2D eigenvalue weighted by molar-refractivity contribution is -0.116. The summed E-state index contributed by atoms with van der Waals surface area (Å²) in [7, 11) is -1.03. The molecule has 1 N–H and O–H groups in total. The van der Waals surface area contributed by atoms with E-state index in [1.54, 1.807) is 30.3 Å². The number of rotatable bonds is 9. The van der Waals surface area contributed by atoms with Crippen molar-refractivity contribution in [2.24, 2.45) is 0 Å². The maximum atomic E-state index is 13.6. The van der Waals surface area contributed by atoms with E-state index in [9.17, 15) is 13.2 Å². The fraction of sp³-hybridized carbons (Fsp3) is 0.417. The fourth-order valence-electron chi connectivity index (χ4n) is 4.03. The van der Waals surface area contributed by atoms with Crippen molar-refractivity contribution in [2.45, 2.75) is 49.5 Å². The average molecular weight is 472 g/mol. The Labute approximate surface area is 195 Å². The smallest absolute Gasteiger partial charge is 0.243 e. The highest BCUT2D eigenvalue weighted by atomic mass is 32.2. The van der Waals surface area contributed by atoms with E-state index in [0.29, 0.717) is 30.0 Å². The Morgan fingerprint density at radius 3 is 2.33 bits per heavy atom. The molecular formula is C24H29N3O5S. The molecule has 1 amide bonds. The van der Waals surface area contributed by atoms with Crippen molar-refractivity contribution in [3.05, 3.63) is 48.0 Å². The van der Waals surface area contributed by atoms with Crippen LogP contribution in [0.25, 0.3) is 0 Å². The monoisotopic (exact) mass is 471 g/mol. The molecule has 176 valence electrons. The highest BCUT2D eigenvalue weighted by Gasteiger charge is 2.34. The van der Waals surface area contributed by atoms with E-state index in [2.05, 4.69) is 11.4 Å². The summed E-state index contributed by atoms with van der Waals surface area (Å²) >= 11 is 0. The predicted molar refractivity (Wildman–Crippen MR) is 125 cm³/mol. The van der Waals surface area contributed by atoms with Crippen LogP contribution in [0.5, 0.6) is 11.5 Å². The van der Waals surface area contributed by atoms with Crippen LogP contribution in [0, 0.1) is 11.3 Å². The van der Waals surface area contributed by atoms with Gasteiger partial charge in [-0.25, -0.2) is 8.42 Å². The Morgan fingerprint density at radius 1 is 1.06 bits per heavy atom. The number of benzene rings is 2. The van der Waals surface area contributed by atoms with Gasteiger partial charge in [-0.05, 0) is 42.7 Å². The van der Waals surface area contributed by atoms with Crippen LogP contribution in [0.15, 0.2) is 47.4 Å². The van der Waals surface area contributed by atoms with Crippen LogP contribution in [0.3, 0.4) is 0 Å². The molecule has 0 bridgehead atoms. The normalized spacial score (nSPS) is 14.5. The van der Waals surface area contributed by atoms with Crippen LogP contribution in [-0.4, -0.2) is 45.4 Å². The number of carbonyl (C=O) groups excluding carboxylic acids is 1. The summed E-state index contributed by atoms with van der Waals surface area (Å²) in [6.45, 7) is -0.290. The molecule has 0 radical (unpaired) electrons. The Morgan fingerprint density at radius 2 is 1.73 bits per heavy atom. The molecule has 0 spiro atoms. The Balaban J connectivity index is 1.85. The largest absolute Gasteiger partial charge is 0.493 e. The first kappa shape index (κ1) is 24.6. The molecule has 1 aliphatic carbocycles. The highest BCUT2D eigenvalue weighted by Crippen LogP contribution is 2.33. The van der Waals surface area contributed by atoms with Crippen LogP contribution < -0.4 is 14.8 Å². The van der Waals surface area contributed by atoms with E-state index < -0.39 is 15.9 Å². The zero-order valence-electron chi connectivity index (χ0n) is 18.9. The van der Waals surface area contributed by atoms with Gasteiger partial charge < -0.3 is 14.8 Å². The van der Waals surface area contributed by atoms with Crippen molar-refractivity contribution < 1.29 is 22.7 Å². The second-order valence-corrected chi connectivity index (χ2v) is 9.83. The summed E-state index contributed by atoms with van der Waals surface area (Å²) in [6, 6.07) is 13.2. The molecule has 2 aromatic rings. The minimum absolute atomic E-state index is 0.0550. The van der Waals surface area contributed by atoms with Crippen molar-refractivity contribution in [3.63, 3.8) is 0 Å². The van der Waals surface area contributed by atoms with E-state index in [0.717, 1.165) is 24.8 Å². The van der Waals surface area contributed by atoms with Gasteiger partial charge in [0.1, 0.15) is 0 Å². The van der Waals surface area contributed by atoms with Crippen LogP contribution in [0.1, 0.15) is 37.7 Å². The topological polar surface area (TPSA) is 109 Å². The zero-order valence-corrected chi connectivity index (χ0v) is 19.7. The van der Waals surface area contributed by atoms with E-state index in [-0.39, 0.29) is 23.9 Å². The molecule has 3 rings (SSSR count). The zero-order chi connectivity index (χ0) is 23.8. The third-order valence-electron chi connectivity index (χ3n) is 5.76. The van der Waals surface area contributed by atoms with Gasteiger partial charge in [0.2, 0.25) is 15.9 Å². The quantitative estimate of drug-likeness (QED) is 0.597. The molecule has 0 aromatic heterocycles. The maximum Gasteiger partial charge on any atom is 0.243 e. The molecule has 2 aromatic carbocycles. The SMILES string of the molecule is COc1ccc(S(=O)(=O)N(CC(=O)Nc2ccc(CC#N)cc2)C2CCCCC2)cc1OC. The van der Waals surface area contributed by atoms with Crippen LogP contribution in [0.2, 0.25) is 0 Å². The number of nitriles is 1. The molecule has 0 saturated heterocycles. The van der Waals surface area contributed by atoms with E-state index >= 15 is 0 Å². The minimum Gasteiger partial charge on any atom is -0.493 e. The molecule has 0 atom stereocenters. The van der Waals surface area contributed by atoms with Gasteiger partial charge in [0, 0.05) is 17.8 Å². The average Bonchev–Trinajstić information content (AvgIpc) is 2.84. The number of nitrogens with one attached hydrogen (secondary N) is 1. The van der Waals surface area contributed by atoms with Crippen LogP contribution >= 0.6 is 0 Å². The molecule has 1 saturated carbocycles. The molecule has 0 unspecified atom stereocenters. The van der Waals surface area contributed by atoms with Crippen LogP contribution in [0.4, 0.5) is 5.69 Å². The lowest BCUT2D eigenvalue weighted by Gasteiger charge is -2.33. The first-order valence-corrected chi connectivity index (χ1v) is 12.3. The summed E-state index contributed by atoms with van der Waals surface area (Å²) in [5, 5.41) is 11.6. The maximum absolute atomic E-state index is 13.6. The number of anilines is 1. The highest BCUT2D eigenvalue weighted by molar-refractivity contribution is 7.89. The number of hydrogen-bond donors (Lipinski definition) is 1. The van der Waals surface area contributed by atoms with Crippen molar-refractivity contribution in [3.8, 4) is 17.6 Å². The first-order chi connectivity index (χ1) is 15.9. The summed E-state index contributed by atoms with van der Waals surface area (Å²) in [5.41, 5.74) is 1.39. The van der Waals surface area contributed by atoms with Crippen molar-refractivity contribution in [1.29, 1.82) is 5.26 Å². The van der Waals surface area contributed by atoms with Gasteiger partial charge in [0.05, 0.1) is 38.1 Å².